The van der Waals surface area contributed by atoms with Crippen molar-refractivity contribution in [3.63, 3.8) is 0 Å². The fourth-order valence-corrected chi connectivity index (χ4v) is 2.07. The molecule has 0 saturated heterocycles. The number of hydrogen-bond acceptors (Lipinski definition) is 5. The second-order valence-corrected chi connectivity index (χ2v) is 5.02. The third-order valence-corrected chi connectivity index (χ3v) is 3.19. The van der Waals surface area contributed by atoms with Gasteiger partial charge in [0, 0.05) is 5.69 Å². The average Bonchev–Trinajstić information content (AvgIpc) is 2.48. The number of nitrogens with zero attached hydrogens (tertiary/aromatic N) is 1. The Morgan fingerprint density at radius 1 is 1.33 bits per heavy atom. The molecule has 0 unspecified atom stereocenters. The first-order chi connectivity index (χ1) is 10.0. The second kappa shape index (κ2) is 6.26. The summed E-state index contributed by atoms with van der Waals surface area (Å²) in [5.41, 5.74) is 8.48. The molecule has 5 heteroatoms. The molecule has 0 aliphatic rings. The number of para-hydroxylation sites is 1. The summed E-state index contributed by atoms with van der Waals surface area (Å²) in [6.45, 7) is 4.24. The van der Waals surface area contributed by atoms with Crippen molar-refractivity contribution in [2.75, 3.05) is 18.2 Å². The number of aromatic nitrogens is 1. The van der Waals surface area contributed by atoms with Gasteiger partial charge in [0.15, 0.2) is 0 Å². The van der Waals surface area contributed by atoms with Crippen LogP contribution in [-0.2, 0) is 4.74 Å². The molecular weight excluding hydrogens is 266 g/mol. The molecule has 110 valence electrons. The fraction of sp³-hybridized carbons (Fsp3) is 0.250. The van der Waals surface area contributed by atoms with E-state index in [0.29, 0.717) is 23.0 Å². The lowest BCUT2D eigenvalue weighted by Crippen LogP contribution is -2.08. The van der Waals surface area contributed by atoms with Crippen LogP contribution in [-0.4, -0.2) is 18.1 Å². The van der Waals surface area contributed by atoms with Crippen molar-refractivity contribution in [1.82, 2.24) is 4.98 Å². The van der Waals surface area contributed by atoms with Crippen molar-refractivity contribution in [1.29, 1.82) is 0 Å². The van der Waals surface area contributed by atoms with Gasteiger partial charge in [0.25, 0.3) is 0 Å². The third kappa shape index (κ3) is 3.31. The number of carbonyl (C=O) groups excluding carboxylic acids is 1. The second-order valence-electron chi connectivity index (χ2n) is 5.02. The number of nitrogens with two attached hydrogens (primary N) is 1. The van der Waals surface area contributed by atoms with Crippen molar-refractivity contribution in [3.05, 3.63) is 47.7 Å². The highest BCUT2D eigenvalue weighted by Crippen LogP contribution is 2.27. The molecular formula is C16H19N3O2. The molecule has 0 amide bonds. The molecule has 0 saturated carbocycles. The maximum absolute atomic E-state index is 11.7. The standard InChI is InChI=1S/C16H19N3O2/c1-10(2)11-6-4-5-7-14(11)19-15-8-12(16(20)21-3)13(17)9-18-15/h4-10H,17H2,1-3H3,(H,18,19). The third-order valence-electron chi connectivity index (χ3n) is 3.19. The molecule has 0 atom stereocenters. The summed E-state index contributed by atoms with van der Waals surface area (Å²) in [5.74, 6) is 0.454. The summed E-state index contributed by atoms with van der Waals surface area (Å²) in [4.78, 5) is 15.9. The van der Waals surface area contributed by atoms with E-state index in [4.69, 9.17) is 10.5 Å². The van der Waals surface area contributed by atoms with E-state index >= 15 is 0 Å². The molecule has 2 aromatic rings. The molecule has 0 radical (unpaired) electrons. The van der Waals surface area contributed by atoms with Crippen molar-refractivity contribution in [3.8, 4) is 0 Å². The largest absolute Gasteiger partial charge is 0.465 e. The van der Waals surface area contributed by atoms with Gasteiger partial charge in [-0.05, 0) is 23.6 Å². The lowest BCUT2D eigenvalue weighted by atomic mass is 10.0. The van der Waals surface area contributed by atoms with Crippen LogP contribution in [0.4, 0.5) is 17.2 Å². The number of pyridine rings is 1. The van der Waals surface area contributed by atoms with Crippen molar-refractivity contribution in [2.45, 2.75) is 19.8 Å². The van der Waals surface area contributed by atoms with Crippen LogP contribution in [0, 0.1) is 0 Å². The Morgan fingerprint density at radius 2 is 2.05 bits per heavy atom. The molecule has 0 aliphatic heterocycles. The first-order valence-corrected chi connectivity index (χ1v) is 6.72. The van der Waals surface area contributed by atoms with Crippen LogP contribution >= 0.6 is 0 Å². The number of hydrogen-bond donors (Lipinski definition) is 2. The van der Waals surface area contributed by atoms with E-state index in [2.05, 4.69) is 30.2 Å². The van der Waals surface area contributed by atoms with Crippen LogP contribution in [0.25, 0.3) is 0 Å². The lowest BCUT2D eigenvalue weighted by Gasteiger charge is -2.14. The van der Waals surface area contributed by atoms with Gasteiger partial charge in [0.05, 0.1) is 24.6 Å². The number of esters is 1. The molecule has 2 rings (SSSR count). The monoisotopic (exact) mass is 285 g/mol. The Bertz CT molecular complexity index is 654. The molecule has 1 heterocycles. The fourth-order valence-electron chi connectivity index (χ4n) is 2.07. The molecule has 5 nitrogen and oxygen atoms in total. The van der Waals surface area contributed by atoms with E-state index in [9.17, 15) is 4.79 Å². The summed E-state index contributed by atoms with van der Waals surface area (Å²) in [6.07, 6.45) is 1.45. The highest BCUT2D eigenvalue weighted by atomic mass is 16.5. The highest BCUT2D eigenvalue weighted by Gasteiger charge is 2.13. The first-order valence-electron chi connectivity index (χ1n) is 6.72. The number of nitrogen functional groups attached to an aromatic ring is 1. The predicted octanol–water partition coefficient (Wildman–Crippen LogP) is 3.32. The van der Waals surface area contributed by atoms with E-state index in [1.165, 1.54) is 18.9 Å². The van der Waals surface area contributed by atoms with Gasteiger partial charge in [0.1, 0.15) is 5.82 Å². The number of ether oxygens (including phenoxy) is 1. The Morgan fingerprint density at radius 3 is 2.71 bits per heavy atom. The van der Waals surface area contributed by atoms with E-state index in [-0.39, 0.29) is 0 Å². The Kier molecular flexibility index (Phi) is 4.42. The number of benzene rings is 1. The zero-order chi connectivity index (χ0) is 15.4. The number of anilines is 3. The van der Waals surface area contributed by atoms with Crippen LogP contribution in [0.2, 0.25) is 0 Å². The zero-order valence-corrected chi connectivity index (χ0v) is 12.4. The predicted molar refractivity (Wildman–Crippen MR) is 83.8 cm³/mol. The highest BCUT2D eigenvalue weighted by molar-refractivity contribution is 5.95. The minimum absolute atomic E-state index is 0.296. The number of rotatable bonds is 4. The molecule has 1 aromatic heterocycles. The Hall–Kier alpha value is -2.56. The van der Waals surface area contributed by atoms with Gasteiger partial charge < -0.3 is 15.8 Å². The summed E-state index contributed by atoms with van der Waals surface area (Å²) < 4.78 is 4.71. The van der Waals surface area contributed by atoms with Gasteiger partial charge in [-0.15, -0.1) is 0 Å². The maximum atomic E-state index is 11.7. The molecule has 21 heavy (non-hydrogen) atoms. The topological polar surface area (TPSA) is 77.2 Å². The zero-order valence-electron chi connectivity index (χ0n) is 12.4. The molecule has 0 aliphatic carbocycles. The van der Waals surface area contributed by atoms with E-state index in [1.807, 2.05) is 18.2 Å². The van der Waals surface area contributed by atoms with Crippen molar-refractivity contribution < 1.29 is 9.53 Å². The summed E-state index contributed by atoms with van der Waals surface area (Å²) in [5, 5.41) is 3.23. The lowest BCUT2D eigenvalue weighted by molar-refractivity contribution is 0.0602. The first kappa shape index (κ1) is 14.8. The van der Waals surface area contributed by atoms with Crippen LogP contribution in [0.5, 0.6) is 0 Å². The van der Waals surface area contributed by atoms with Gasteiger partial charge in [-0.3, -0.25) is 0 Å². The molecule has 0 fully saturated rings. The molecule has 3 N–H and O–H groups in total. The van der Waals surface area contributed by atoms with E-state index < -0.39 is 5.97 Å². The number of carbonyl (C=O) groups is 1. The van der Waals surface area contributed by atoms with Gasteiger partial charge in [-0.1, -0.05) is 32.0 Å². The average molecular weight is 285 g/mol. The van der Waals surface area contributed by atoms with Gasteiger partial charge in [-0.2, -0.15) is 0 Å². The smallest absolute Gasteiger partial charge is 0.340 e. The van der Waals surface area contributed by atoms with Crippen molar-refractivity contribution >= 4 is 23.2 Å². The van der Waals surface area contributed by atoms with Gasteiger partial charge in [-0.25, -0.2) is 9.78 Å². The normalized spacial score (nSPS) is 10.5. The summed E-state index contributed by atoms with van der Waals surface area (Å²) in [6, 6.07) is 9.58. The summed E-state index contributed by atoms with van der Waals surface area (Å²) in [7, 11) is 1.32. The van der Waals surface area contributed by atoms with Crippen LogP contribution in [0.15, 0.2) is 36.5 Å². The molecule has 1 aromatic carbocycles. The summed E-state index contributed by atoms with van der Waals surface area (Å²) >= 11 is 0. The van der Waals surface area contributed by atoms with Crippen LogP contribution in [0.1, 0.15) is 35.7 Å². The Labute approximate surface area is 124 Å². The SMILES string of the molecule is COC(=O)c1cc(Nc2ccccc2C(C)C)ncc1N. The maximum Gasteiger partial charge on any atom is 0.340 e. The Balaban J connectivity index is 2.35. The number of nitrogens with one attached hydrogen (secondary N) is 1. The van der Waals surface area contributed by atoms with E-state index in [0.717, 1.165) is 5.69 Å². The minimum atomic E-state index is -0.477. The molecule has 0 spiro atoms. The van der Waals surface area contributed by atoms with Crippen LogP contribution in [0.3, 0.4) is 0 Å². The quantitative estimate of drug-likeness (QED) is 0.843. The van der Waals surface area contributed by atoms with Crippen LogP contribution < -0.4 is 11.1 Å². The van der Waals surface area contributed by atoms with Crippen molar-refractivity contribution in [2.24, 2.45) is 0 Å². The number of methoxy groups -OCH3 is 1. The minimum Gasteiger partial charge on any atom is -0.465 e. The molecule has 0 bridgehead atoms. The van der Waals surface area contributed by atoms with Gasteiger partial charge in [0.2, 0.25) is 0 Å². The van der Waals surface area contributed by atoms with Gasteiger partial charge >= 0.3 is 5.97 Å². The van der Waals surface area contributed by atoms with E-state index in [1.54, 1.807) is 6.07 Å².